The van der Waals surface area contributed by atoms with E-state index in [0.29, 0.717) is 33.8 Å². The van der Waals surface area contributed by atoms with Crippen molar-refractivity contribution in [2.75, 3.05) is 25.3 Å². The van der Waals surface area contributed by atoms with Gasteiger partial charge in [0, 0.05) is 11.4 Å². The van der Waals surface area contributed by atoms with Crippen LogP contribution in [-0.2, 0) is 16.1 Å². The number of nitrogens with zero attached hydrogens (tertiary/aromatic N) is 3. The van der Waals surface area contributed by atoms with Crippen LogP contribution in [0.2, 0.25) is 0 Å². The number of anilines is 1. The van der Waals surface area contributed by atoms with E-state index in [0.717, 1.165) is 16.0 Å². The maximum absolute atomic E-state index is 12.6. The summed E-state index contributed by atoms with van der Waals surface area (Å²) in [4.78, 5) is 25.7. The highest BCUT2D eigenvalue weighted by Gasteiger charge is 2.22. The smallest absolute Gasteiger partial charge is 0.341 e. The van der Waals surface area contributed by atoms with E-state index in [4.69, 9.17) is 9.47 Å². The third-order valence-electron chi connectivity index (χ3n) is 4.74. The minimum Gasteiger partial charge on any atom is -0.496 e. The van der Waals surface area contributed by atoms with Gasteiger partial charge in [-0.15, -0.1) is 28.1 Å². The van der Waals surface area contributed by atoms with Gasteiger partial charge in [0.15, 0.2) is 11.0 Å². The number of esters is 1. The van der Waals surface area contributed by atoms with Gasteiger partial charge in [-0.2, -0.15) is 0 Å². The van der Waals surface area contributed by atoms with Crippen LogP contribution in [0, 0.1) is 13.8 Å². The molecule has 0 saturated heterocycles. The maximum atomic E-state index is 12.6. The van der Waals surface area contributed by atoms with Gasteiger partial charge in [-0.05, 0) is 31.5 Å². The van der Waals surface area contributed by atoms with E-state index in [-0.39, 0.29) is 11.7 Å². The molecule has 1 N–H and O–H groups in total. The number of para-hydroxylation sites is 1. The number of carbonyl (C=O) groups is 2. The third kappa shape index (κ3) is 4.86. The summed E-state index contributed by atoms with van der Waals surface area (Å²) in [5, 5.41) is 12.5. The molecule has 0 unspecified atom stereocenters. The first kappa shape index (κ1) is 23.6. The lowest BCUT2D eigenvalue weighted by Crippen LogP contribution is -2.16. The van der Waals surface area contributed by atoms with E-state index in [2.05, 4.69) is 22.1 Å². The first-order valence-electron chi connectivity index (χ1n) is 9.69. The van der Waals surface area contributed by atoms with Crippen molar-refractivity contribution >= 4 is 40.0 Å². The fourth-order valence-corrected chi connectivity index (χ4v) is 4.89. The maximum Gasteiger partial charge on any atom is 0.341 e. The van der Waals surface area contributed by atoms with E-state index in [1.165, 1.54) is 30.2 Å². The number of nitrogens with one attached hydrogen (secondary N) is 1. The second kappa shape index (κ2) is 10.5. The van der Waals surface area contributed by atoms with Gasteiger partial charge in [0.25, 0.3) is 0 Å². The third-order valence-corrected chi connectivity index (χ3v) is 6.83. The second-order valence-corrected chi connectivity index (χ2v) is 8.89. The van der Waals surface area contributed by atoms with E-state index in [9.17, 15) is 9.59 Å². The first-order valence-corrected chi connectivity index (χ1v) is 11.5. The Morgan fingerprint density at radius 1 is 1.25 bits per heavy atom. The number of methoxy groups -OCH3 is 2. The minimum atomic E-state index is -0.470. The molecule has 1 aromatic carbocycles. The normalized spacial score (nSPS) is 10.6. The Hall–Kier alpha value is -3.11. The lowest BCUT2D eigenvalue weighted by atomic mass is 10.1. The standard InChI is InChI=1S/C22H24N4O4S2/c1-6-11-26-19(15-9-7-8-10-16(15)29-4)24-25-22(26)31-12-17(27)23-20-18(21(28)30-5)13(2)14(3)32-20/h6-10H,1,11-12H2,2-5H3,(H,23,27). The molecule has 0 aliphatic rings. The lowest BCUT2D eigenvalue weighted by molar-refractivity contribution is -0.113. The van der Waals surface area contributed by atoms with Gasteiger partial charge in [0.2, 0.25) is 5.91 Å². The first-order chi connectivity index (χ1) is 15.4. The molecule has 0 bridgehead atoms. The second-order valence-electron chi connectivity index (χ2n) is 6.72. The van der Waals surface area contributed by atoms with Gasteiger partial charge in [0.05, 0.1) is 31.1 Å². The van der Waals surface area contributed by atoms with Crippen LogP contribution in [0.3, 0.4) is 0 Å². The minimum absolute atomic E-state index is 0.0950. The van der Waals surface area contributed by atoms with Crippen LogP contribution in [0.15, 0.2) is 42.1 Å². The molecule has 0 fully saturated rings. The van der Waals surface area contributed by atoms with Crippen molar-refractivity contribution < 1.29 is 19.1 Å². The summed E-state index contributed by atoms with van der Waals surface area (Å²) < 4.78 is 12.2. The number of carbonyl (C=O) groups excluding carboxylic acids is 2. The zero-order valence-electron chi connectivity index (χ0n) is 18.3. The van der Waals surface area contributed by atoms with Gasteiger partial charge >= 0.3 is 5.97 Å². The van der Waals surface area contributed by atoms with Crippen LogP contribution in [0.5, 0.6) is 5.75 Å². The molecule has 1 amide bonds. The predicted molar refractivity (Wildman–Crippen MR) is 127 cm³/mol. The average Bonchev–Trinajstić information content (AvgIpc) is 3.31. The summed E-state index contributed by atoms with van der Waals surface area (Å²) in [6, 6.07) is 7.54. The summed E-state index contributed by atoms with van der Waals surface area (Å²) in [5.41, 5.74) is 1.99. The van der Waals surface area contributed by atoms with Crippen LogP contribution < -0.4 is 10.1 Å². The van der Waals surface area contributed by atoms with Gasteiger partial charge in [-0.3, -0.25) is 9.36 Å². The van der Waals surface area contributed by atoms with Gasteiger partial charge < -0.3 is 14.8 Å². The Morgan fingerprint density at radius 3 is 2.69 bits per heavy atom. The Morgan fingerprint density at radius 2 is 2.00 bits per heavy atom. The molecule has 2 aromatic heterocycles. The van der Waals surface area contributed by atoms with Crippen LogP contribution in [0.4, 0.5) is 5.00 Å². The van der Waals surface area contributed by atoms with Crippen LogP contribution >= 0.6 is 23.1 Å². The predicted octanol–water partition coefficient (Wildman–Crippen LogP) is 4.34. The molecule has 10 heteroatoms. The number of thiophene rings is 1. The van der Waals surface area contributed by atoms with Crippen molar-refractivity contribution in [3.05, 3.63) is 52.9 Å². The number of rotatable bonds is 9. The van der Waals surface area contributed by atoms with Gasteiger partial charge in [0.1, 0.15) is 10.8 Å². The summed E-state index contributed by atoms with van der Waals surface area (Å²) in [5.74, 6) is 0.675. The SMILES string of the molecule is C=CCn1c(SCC(=O)Nc2sc(C)c(C)c2C(=O)OC)nnc1-c1ccccc1OC. The van der Waals surface area contributed by atoms with Crippen molar-refractivity contribution in [1.82, 2.24) is 14.8 Å². The fraction of sp³-hybridized carbons (Fsp3) is 0.273. The lowest BCUT2D eigenvalue weighted by Gasteiger charge is -2.10. The molecule has 0 radical (unpaired) electrons. The molecule has 0 saturated carbocycles. The quantitative estimate of drug-likeness (QED) is 0.281. The Kier molecular flexibility index (Phi) is 7.70. The van der Waals surface area contributed by atoms with Crippen LogP contribution in [-0.4, -0.2) is 46.6 Å². The van der Waals surface area contributed by atoms with Crippen molar-refractivity contribution in [3.63, 3.8) is 0 Å². The molecule has 0 aliphatic carbocycles. The Balaban J connectivity index is 1.79. The number of thioether (sulfide) groups is 1. The number of benzene rings is 1. The van der Waals surface area contributed by atoms with E-state index < -0.39 is 5.97 Å². The highest BCUT2D eigenvalue weighted by atomic mass is 32.2. The number of aryl methyl sites for hydroxylation is 1. The molecule has 2 heterocycles. The molecule has 168 valence electrons. The summed E-state index contributed by atoms with van der Waals surface area (Å²) in [7, 11) is 2.92. The highest BCUT2D eigenvalue weighted by molar-refractivity contribution is 7.99. The van der Waals surface area contributed by atoms with Crippen molar-refractivity contribution in [3.8, 4) is 17.1 Å². The molecule has 0 aliphatic heterocycles. The molecule has 3 rings (SSSR count). The number of aromatic nitrogens is 3. The molecule has 8 nitrogen and oxygen atoms in total. The van der Waals surface area contributed by atoms with E-state index in [1.54, 1.807) is 13.2 Å². The van der Waals surface area contributed by atoms with Crippen LogP contribution in [0.25, 0.3) is 11.4 Å². The van der Waals surface area contributed by atoms with Crippen LogP contribution in [0.1, 0.15) is 20.8 Å². The van der Waals surface area contributed by atoms with Crippen molar-refractivity contribution in [1.29, 1.82) is 0 Å². The molecule has 0 spiro atoms. The molecular formula is C22H24N4O4S2. The number of ether oxygens (including phenoxy) is 2. The molecule has 0 atom stereocenters. The zero-order chi connectivity index (χ0) is 23.3. The van der Waals surface area contributed by atoms with Crippen molar-refractivity contribution in [2.45, 2.75) is 25.5 Å². The number of allylic oxidation sites excluding steroid dienone is 1. The molecule has 3 aromatic rings. The number of amides is 1. The van der Waals surface area contributed by atoms with Gasteiger partial charge in [-0.1, -0.05) is 30.0 Å². The largest absolute Gasteiger partial charge is 0.496 e. The number of hydrogen-bond acceptors (Lipinski definition) is 8. The molecular weight excluding hydrogens is 448 g/mol. The van der Waals surface area contributed by atoms with E-state index in [1.807, 2.05) is 42.7 Å². The van der Waals surface area contributed by atoms with Gasteiger partial charge in [-0.25, -0.2) is 4.79 Å². The summed E-state index contributed by atoms with van der Waals surface area (Å²) in [6.07, 6.45) is 1.74. The fourth-order valence-electron chi connectivity index (χ4n) is 3.07. The highest BCUT2D eigenvalue weighted by Crippen LogP contribution is 2.34. The Bertz CT molecular complexity index is 1150. The number of hydrogen-bond donors (Lipinski definition) is 1. The average molecular weight is 473 g/mol. The summed E-state index contributed by atoms with van der Waals surface area (Å²) >= 11 is 2.60. The van der Waals surface area contributed by atoms with E-state index >= 15 is 0 Å². The Labute approximate surface area is 194 Å². The van der Waals surface area contributed by atoms with Crippen molar-refractivity contribution in [2.24, 2.45) is 0 Å². The zero-order valence-corrected chi connectivity index (χ0v) is 19.9. The monoisotopic (exact) mass is 472 g/mol. The summed E-state index contributed by atoms with van der Waals surface area (Å²) in [6.45, 7) is 8.01. The molecule has 32 heavy (non-hydrogen) atoms. The topological polar surface area (TPSA) is 95.3 Å².